The van der Waals surface area contributed by atoms with Gasteiger partial charge < -0.3 is 36.0 Å². The molecule has 1 aromatic heterocycles. The fourth-order valence-electron chi connectivity index (χ4n) is 7.34. The highest BCUT2D eigenvalue weighted by Crippen LogP contribution is 2.51. The van der Waals surface area contributed by atoms with Crippen molar-refractivity contribution >= 4 is 42.6 Å². The van der Waals surface area contributed by atoms with Crippen LogP contribution in [0.15, 0.2) is 47.0 Å². The van der Waals surface area contributed by atoms with E-state index in [4.69, 9.17) is 0 Å². The first-order valence-corrected chi connectivity index (χ1v) is 16.1. The van der Waals surface area contributed by atoms with Gasteiger partial charge in [-0.25, -0.2) is 0 Å². The number of aromatic nitrogens is 1. The predicted molar refractivity (Wildman–Crippen MR) is 175 cm³/mol. The minimum Gasteiger partial charge on any atom is -0.495 e. The Balaban J connectivity index is 1.63. The summed E-state index contributed by atoms with van der Waals surface area (Å²) in [5.74, 6) is -2.30. The molecule has 46 heavy (non-hydrogen) atoms. The third-order valence-electron chi connectivity index (χ3n) is 9.88. The summed E-state index contributed by atoms with van der Waals surface area (Å²) < 4.78 is 0. The first-order chi connectivity index (χ1) is 21.7. The topological polar surface area (TPSA) is 197 Å². The number of nitrogens with zero attached hydrogens (tertiary/aromatic N) is 1. The summed E-state index contributed by atoms with van der Waals surface area (Å²) in [5, 5.41) is 49.2. The number of aliphatic hydroxyl groups is 2. The van der Waals surface area contributed by atoms with Gasteiger partial charge in [-0.2, -0.15) is 18.1 Å². The van der Waals surface area contributed by atoms with Gasteiger partial charge in [0.05, 0.1) is 24.4 Å². The van der Waals surface area contributed by atoms with Crippen LogP contribution in [0.5, 0.6) is 0 Å². The number of carbonyl (C=O) groups excluding carboxylic acids is 1. The Morgan fingerprint density at radius 1 is 1.04 bits per heavy atom. The largest absolute Gasteiger partial charge is 0.495 e. The van der Waals surface area contributed by atoms with Crippen molar-refractivity contribution in [3.63, 3.8) is 0 Å². The molecule has 0 aliphatic carbocycles. The number of carbonyl (C=O) groups is 3. The number of rotatable bonds is 12. The zero-order chi connectivity index (χ0) is 33.7. The number of aliphatic carboxylic acids is 2. The number of hydrazine groups is 1. The molecule has 2 unspecified atom stereocenters. The van der Waals surface area contributed by atoms with Crippen molar-refractivity contribution in [2.45, 2.75) is 83.0 Å². The maximum absolute atomic E-state index is 12.6. The normalized spacial score (nSPS) is 31.1. The molecule has 2 fully saturated rings. The Labute approximate surface area is 272 Å². The summed E-state index contributed by atoms with van der Waals surface area (Å²) in [7, 11) is 0. The molecule has 7 atom stereocenters. The zero-order valence-electron chi connectivity index (χ0n) is 26.4. The molecule has 4 aliphatic rings. The number of aromatic amines is 1. The molecule has 13 heteroatoms. The summed E-state index contributed by atoms with van der Waals surface area (Å²) in [6, 6.07) is -0.588. The molecule has 0 radical (unpaired) electrons. The molecule has 1 aromatic rings. The number of H-pyrrole nitrogens is 1. The number of fused-ring (bicyclic) bond motifs is 1. The number of aliphatic hydroxyl groups excluding tert-OH is 2. The molecule has 5 heterocycles. The van der Waals surface area contributed by atoms with Gasteiger partial charge in [0.2, 0.25) is 5.91 Å². The van der Waals surface area contributed by atoms with E-state index < -0.39 is 17.6 Å². The van der Waals surface area contributed by atoms with Crippen molar-refractivity contribution in [3.05, 3.63) is 68.9 Å². The molecule has 1 amide bonds. The summed E-state index contributed by atoms with van der Waals surface area (Å²) in [6.45, 7) is 11.2. The summed E-state index contributed by atoms with van der Waals surface area (Å²) in [5.41, 5.74) is 6.95. The third-order valence-corrected chi connectivity index (χ3v) is 10.2. The fourth-order valence-corrected chi connectivity index (χ4v) is 7.78. The molecular formula is C33H43N5O7S. The lowest BCUT2D eigenvalue weighted by Crippen LogP contribution is -2.31. The predicted octanol–water partition coefficient (Wildman–Crippen LogP) is 1.31. The molecule has 248 valence electrons. The van der Waals surface area contributed by atoms with E-state index in [2.05, 4.69) is 40.3 Å². The van der Waals surface area contributed by atoms with E-state index >= 15 is 0 Å². The Morgan fingerprint density at radius 2 is 1.72 bits per heavy atom. The van der Waals surface area contributed by atoms with Gasteiger partial charge in [-0.15, -0.1) is 0 Å². The van der Waals surface area contributed by atoms with Gasteiger partial charge in [-0.05, 0) is 54.7 Å². The van der Waals surface area contributed by atoms with Crippen LogP contribution in [-0.2, 0) is 27.4 Å². The van der Waals surface area contributed by atoms with Crippen LogP contribution in [-0.4, -0.2) is 71.3 Å². The van der Waals surface area contributed by atoms with Crippen molar-refractivity contribution in [2.24, 2.45) is 17.8 Å². The van der Waals surface area contributed by atoms with Crippen molar-refractivity contribution in [1.82, 2.24) is 26.1 Å². The molecule has 4 aliphatic heterocycles. The maximum atomic E-state index is 12.6. The first-order valence-electron chi connectivity index (χ1n) is 15.5. The fraction of sp³-hybridized carbons (Fsp3) is 0.485. The van der Waals surface area contributed by atoms with Crippen LogP contribution in [0.25, 0.3) is 12.2 Å². The van der Waals surface area contributed by atoms with E-state index in [1.807, 2.05) is 50.9 Å². The van der Waals surface area contributed by atoms with E-state index in [0.29, 0.717) is 27.4 Å². The Morgan fingerprint density at radius 3 is 2.30 bits per heavy atom. The Hall–Kier alpha value is -3.94. The van der Waals surface area contributed by atoms with Gasteiger partial charge in [0.15, 0.2) is 11.5 Å². The number of amides is 1. The van der Waals surface area contributed by atoms with Crippen molar-refractivity contribution in [1.29, 1.82) is 0 Å². The summed E-state index contributed by atoms with van der Waals surface area (Å²) in [4.78, 5) is 39.3. The van der Waals surface area contributed by atoms with Gasteiger partial charge in [-0.1, -0.05) is 33.4 Å². The molecule has 12 nitrogen and oxygen atoms in total. The number of hydrogen-bond donors (Lipinski definition) is 9. The number of nitrogens with one attached hydrogen (secondary N) is 4. The van der Waals surface area contributed by atoms with Crippen LogP contribution in [0.3, 0.4) is 0 Å². The van der Waals surface area contributed by atoms with Crippen LogP contribution >= 0.6 is 12.6 Å². The van der Waals surface area contributed by atoms with Crippen LogP contribution in [0.4, 0.5) is 0 Å². The van der Waals surface area contributed by atoms with Crippen molar-refractivity contribution in [2.75, 3.05) is 0 Å². The number of carboxylic acid groups (broad SMARTS) is 2. The lowest BCUT2D eigenvalue weighted by molar-refractivity contribution is -0.138. The van der Waals surface area contributed by atoms with Gasteiger partial charge in [0.25, 0.3) is 0 Å². The zero-order valence-corrected chi connectivity index (χ0v) is 27.3. The monoisotopic (exact) mass is 653 g/mol. The molecule has 8 N–H and O–H groups in total. The van der Waals surface area contributed by atoms with E-state index in [0.717, 1.165) is 16.8 Å². The van der Waals surface area contributed by atoms with E-state index in [9.17, 15) is 34.8 Å². The smallest absolute Gasteiger partial charge is 0.303 e. The molecular weight excluding hydrogens is 610 g/mol. The maximum Gasteiger partial charge on any atom is 0.303 e. The Kier molecular flexibility index (Phi) is 9.22. The van der Waals surface area contributed by atoms with E-state index in [1.54, 1.807) is 6.08 Å². The molecule has 2 saturated heterocycles. The lowest BCUT2D eigenvalue weighted by Gasteiger charge is -2.22. The quantitative estimate of drug-likeness (QED) is 0.117. The number of thiol groups is 1. The Bertz CT molecular complexity index is 1690. The van der Waals surface area contributed by atoms with Crippen molar-refractivity contribution in [3.8, 4) is 0 Å². The molecule has 0 bridgehead atoms. The van der Waals surface area contributed by atoms with Crippen LogP contribution in [0.1, 0.15) is 58.1 Å². The second-order valence-electron chi connectivity index (χ2n) is 12.6. The molecule has 5 rings (SSSR count). The summed E-state index contributed by atoms with van der Waals surface area (Å²) in [6.07, 6.45) is 7.55. The minimum absolute atomic E-state index is 0.0341. The number of hydrogen-bond acceptors (Lipinski definition) is 9. The molecule has 0 saturated carbocycles. The lowest BCUT2D eigenvalue weighted by atomic mass is 9.88. The van der Waals surface area contributed by atoms with Gasteiger partial charge >= 0.3 is 11.9 Å². The van der Waals surface area contributed by atoms with E-state index in [1.165, 1.54) is 0 Å². The molecule has 0 spiro atoms. The average Bonchev–Trinajstić information content (AvgIpc) is 3.21. The van der Waals surface area contributed by atoms with Gasteiger partial charge in [-0.3, -0.25) is 19.4 Å². The van der Waals surface area contributed by atoms with Crippen LogP contribution in [0, 0.1) is 17.8 Å². The highest BCUT2D eigenvalue weighted by molar-refractivity contribution is 7.80. The minimum atomic E-state index is -0.980. The number of carboxylic acids is 2. The van der Waals surface area contributed by atoms with Crippen LogP contribution in [0.2, 0.25) is 0 Å². The number of allylic oxidation sites excluding steroid dienone is 2. The standard InChI is InChI=1S/C33H43N5O7S/c1-6-19-15(2)23(35-32(19)45)11-24-21(14-39)20(7-9-28(40)41)26(34-24)13-33-22(8-10-29(42)43)16(3)27(38(33)37-33)12-25-30(18(5)46)17(4)31(44)36-25/h6,11-13,15,17-18,23,25,30,34-35,37,39,45-46H,1,7-10,14H2,2-5H3,(H,36,44)(H,40,41)(H,42,43)/b24-11+,26-13-,27-12+/t15?,17-,18-,23-,25?,30+,33-,38?/m1/s1. The molecule has 0 aromatic carbocycles. The third kappa shape index (κ3) is 5.87. The second kappa shape index (κ2) is 12.7. The highest BCUT2D eigenvalue weighted by Gasteiger charge is 2.60. The van der Waals surface area contributed by atoms with Crippen LogP contribution < -0.4 is 26.8 Å². The van der Waals surface area contributed by atoms with Gasteiger partial charge in [0, 0.05) is 57.7 Å². The highest BCUT2D eigenvalue weighted by atomic mass is 32.1. The SMILES string of the molecule is C=CC1=C(O)N[C@H](/C=c2/[nH]/c(=C\[C@@]34NN3/C(=C/C3NC(=O)[C@H](C)[C@H]3[C@@H](C)S)C(C)=C4CCC(=O)O)c(CCC(=O)O)c2CO)C1C. The van der Waals surface area contributed by atoms with E-state index in [-0.39, 0.29) is 79.2 Å². The first kappa shape index (κ1) is 33.4. The van der Waals surface area contributed by atoms with Gasteiger partial charge in [0.1, 0.15) is 0 Å². The second-order valence-corrected chi connectivity index (χ2v) is 13.5. The average molecular weight is 654 g/mol. The summed E-state index contributed by atoms with van der Waals surface area (Å²) >= 11 is 4.66. The van der Waals surface area contributed by atoms with Crippen molar-refractivity contribution < 1.29 is 34.8 Å².